The highest BCUT2D eigenvalue weighted by Crippen LogP contribution is 2.27. The van der Waals surface area contributed by atoms with Crippen molar-refractivity contribution >= 4 is 11.7 Å². The molecule has 0 spiro atoms. The molecule has 2 aromatic rings. The second-order valence-corrected chi connectivity index (χ2v) is 10.1. The Morgan fingerprint density at radius 2 is 1.64 bits per heavy atom. The summed E-state index contributed by atoms with van der Waals surface area (Å²) >= 11 is 0. The molecule has 4 rings (SSSR count). The van der Waals surface area contributed by atoms with Gasteiger partial charge in [0.15, 0.2) is 0 Å². The molecule has 0 saturated carbocycles. The first-order chi connectivity index (χ1) is 17.7. The molecule has 196 valence electrons. The maximum atomic E-state index is 12.5. The first kappa shape index (κ1) is 26.5. The van der Waals surface area contributed by atoms with Gasteiger partial charge < -0.3 is 14.5 Å². The number of hydrogen-bond donors (Lipinski definition) is 0. The summed E-state index contributed by atoms with van der Waals surface area (Å²) in [6, 6.07) is 18.7. The summed E-state index contributed by atoms with van der Waals surface area (Å²) in [5.74, 6) is 0.713. The standard InChI is InChI=1S/C30H43N3O3/c1-3-5-6-10-23-35-29-15-13-27(14-16-29)31-19-17-28(18-20-31)32-21-22-33(26(4-2)24-32)36-30(34)25-11-8-7-9-12-25/h7-9,11-16,26,28H,3-6,10,17-24H2,1-2H3. The first-order valence-corrected chi connectivity index (χ1v) is 13.9. The Labute approximate surface area is 217 Å². The van der Waals surface area contributed by atoms with Gasteiger partial charge in [-0.1, -0.05) is 51.3 Å². The van der Waals surface area contributed by atoms with Gasteiger partial charge in [-0.05, 0) is 62.1 Å². The number of ether oxygens (including phenoxy) is 1. The van der Waals surface area contributed by atoms with E-state index in [-0.39, 0.29) is 12.0 Å². The van der Waals surface area contributed by atoms with Crippen LogP contribution < -0.4 is 9.64 Å². The van der Waals surface area contributed by atoms with E-state index in [0.29, 0.717) is 11.6 Å². The minimum absolute atomic E-state index is 0.235. The number of hydrogen-bond acceptors (Lipinski definition) is 6. The fourth-order valence-corrected chi connectivity index (χ4v) is 5.34. The molecular formula is C30H43N3O3. The maximum Gasteiger partial charge on any atom is 0.357 e. The molecule has 2 fully saturated rings. The number of piperidine rings is 1. The van der Waals surface area contributed by atoms with E-state index < -0.39 is 0 Å². The lowest BCUT2D eigenvalue weighted by Crippen LogP contribution is -2.57. The van der Waals surface area contributed by atoms with Gasteiger partial charge in [-0.2, -0.15) is 0 Å². The zero-order valence-corrected chi connectivity index (χ0v) is 22.1. The quantitative estimate of drug-likeness (QED) is 0.370. The number of carbonyl (C=O) groups excluding carboxylic acids is 1. The van der Waals surface area contributed by atoms with E-state index in [1.165, 1.54) is 24.9 Å². The van der Waals surface area contributed by atoms with E-state index in [9.17, 15) is 4.79 Å². The molecule has 2 aliphatic heterocycles. The van der Waals surface area contributed by atoms with Crippen LogP contribution in [0.25, 0.3) is 0 Å². The Hall–Kier alpha value is -2.57. The molecule has 2 saturated heterocycles. The van der Waals surface area contributed by atoms with Gasteiger partial charge in [0, 0.05) is 44.5 Å². The van der Waals surface area contributed by atoms with Crippen LogP contribution in [0.2, 0.25) is 0 Å². The third-order valence-corrected chi connectivity index (χ3v) is 7.59. The van der Waals surface area contributed by atoms with Gasteiger partial charge in [-0.3, -0.25) is 4.90 Å². The lowest BCUT2D eigenvalue weighted by Gasteiger charge is -2.45. The van der Waals surface area contributed by atoms with Crippen molar-refractivity contribution in [1.82, 2.24) is 9.96 Å². The van der Waals surface area contributed by atoms with E-state index in [4.69, 9.17) is 9.57 Å². The van der Waals surface area contributed by atoms with E-state index in [1.54, 1.807) is 0 Å². The summed E-state index contributed by atoms with van der Waals surface area (Å²) in [5, 5.41) is 1.91. The van der Waals surface area contributed by atoms with Gasteiger partial charge in [-0.25, -0.2) is 4.79 Å². The summed E-state index contributed by atoms with van der Waals surface area (Å²) in [7, 11) is 0. The monoisotopic (exact) mass is 493 g/mol. The van der Waals surface area contributed by atoms with Gasteiger partial charge in [0.2, 0.25) is 0 Å². The van der Waals surface area contributed by atoms with Crippen molar-refractivity contribution in [2.24, 2.45) is 0 Å². The number of nitrogens with zero attached hydrogens (tertiary/aromatic N) is 3. The topological polar surface area (TPSA) is 45.2 Å². The number of piperazine rings is 1. The molecule has 2 aliphatic rings. The van der Waals surface area contributed by atoms with Crippen molar-refractivity contribution in [3.63, 3.8) is 0 Å². The minimum atomic E-state index is -0.260. The molecular weight excluding hydrogens is 450 g/mol. The van der Waals surface area contributed by atoms with Crippen LogP contribution in [0.5, 0.6) is 5.75 Å². The third-order valence-electron chi connectivity index (χ3n) is 7.59. The molecule has 1 unspecified atom stereocenters. The molecule has 0 aliphatic carbocycles. The van der Waals surface area contributed by atoms with E-state index in [1.807, 2.05) is 35.4 Å². The highest BCUT2D eigenvalue weighted by Gasteiger charge is 2.33. The van der Waals surface area contributed by atoms with Crippen LogP contribution in [0.15, 0.2) is 54.6 Å². The number of benzene rings is 2. The van der Waals surface area contributed by atoms with Crippen LogP contribution in [0, 0.1) is 0 Å². The van der Waals surface area contributed by atoms with Crippen molar-refractivity contribution in [2.75, 3.05) is 44.2 Å². The maximum absolute atomic E-state index is 12.5. The predicted molar refractivity (Wildman–Crippen MR) is 146 cm³/mol. The molecule has 0 amide bonds. The summed E-state index contributed by atoms with van der Waals surface area (Å²) in [6.07, 6.45) is 8.21. The number of hydroxylamine groups is 2. The van der Waals surface area contributed by atoms with Gasteiger partial charge in [0.25, 0.3) is 0 Å². The summed E-state index contributed by atoms with van der Waals surface area (Å²) in [5.41, 5.74) is 1.89. The van der Waals surface area contributed by atoms with E-state index in [2.05, 4.69) is 47.9 Å². The van der Waals surface area contributed by atoms with Crippen molar-refractivity contribution < 1.29 is 14.4 Å². The van der Waals surface area contributed by atoms with Crippen molar-refractivity contribution in [3.8, 4) is 5.75 Å². The normalized spacial score (nSPS) is 19.8. The molecule has 2 aromatic carbocycles. The molecule has 0 aromatic heterocycles. The van der Waals surface area contributed by atoms with Crippen LogP contribution >= 0.6 is 0 Å². The van der Waals surface area contributed by atoms with Crippen molar-refractivity contribution in [2.45, 2.75) is 70.9 Å². The van der Waals surface area contributed by atoms with E-state index >= 15 is 0 Å². The predicted octanol–water partition coefficient (Wildman–Crippen LogP) is 5.78. The van der Waals surface area contributed by atoms with Crippen LogP contribution in [0.4, 0.5) is 5.69 Å². The average molecular weight is 494 g/mol. The van der Waals surface area contributed by atoms with Crippen molar-refractivity contribution in [1.29, 1.82) is 0 Å². The Balaban J connectivity index is 1.21. The summed E-state index contributed by atoms with van der Waals surface area (Å²) in [4.78, 5) is 23.5. The molecule has 0 radical (unpaired) electrons. The fraction of sp³-hybridized carbons (Fsp3) is 0.567. The SMILES string of the molecule is CCCCCCOc1ccc(N2CCC(N3CCN(OC(=O)c4ccccc4)C(CC)C3)CC2)cc1. The van der Waals surface area contributed by atoms with Crippen molar-refractivity contribution in [3.05, 3.63) is 60.2 Å². The molecule has 0 N–H and O–H groups in total. The van der Waals surface area contributed by atoms with Gasteiger partial charge >= 0.3 is 5.97 Å². The highest BCUT2D eigenvalue weighted by molar-refractivity contribution is 5.89. The number of unbranched alkanes of at least 4 members (excludes halogenated alkanes) is 3. The second kappa shape index (κ2) is 13.7. The molecule has 0 bridgehead atoms. The van der Waals surface area contributed by atoms with Gasteiger partial charge in [-0.15, -0.1) is 5.06 Å². The molecule has 36 heavy (non-hydrogen) atoms. The Bertz CT molecular complexity index is 913. The van der Waals surface area contributed by atoms with Crippen LogP contribution in [-0.2, 0) is 4.84 Å². The minimum Gasteiger partial charge on any atom is -0.494 e. The van der Waals surface area contributed by atoms with Crippen LogP contribution in [0.3, 0.4) is 0 Å². The first-order valence-electron chi connectivity index (χ1n) is 13.9. The number of carbonyl (C=O) groups is 1. The average Bonchev–Trinajstić information content (AvgIpc) is 2.94. The largest absolute Gasteiger partial charge is 0.494 e. The Kier molecular flexibility index (Phi) is 10.1. The van der Waals surface area contributed by atoms with Gasteiger partial charge in [0.1, 0.15) is 5.75 Å². The Morgan fingerprint density at radius 1 is 0.889 bits per heavy atom. The smallest absolute Gasteiger partial charge is 0.357 e. The third kappa shape index (κ3) is 7.23. The second-order valence-electron chi connectivity index (χ2n) is 10.1. The molecule has 1 atom stereocenters. The molecule has 6 nitrogen and oxygen atoms in total. The molecule has 2 heterocycles. The highest BCUT2D eigenvalue weighted by atomic mass is 16.7. The van der Waals surface area contributed by atoms with Crippen LogP contribution in [-0.4, -0.2) is 67.3 Å². The lowest BCUT2D eigenvalue weighted by atomic mass is 10.00. The number of rotatable bonds is 11. The number of anilines is 1. The van der Waals surface area contributed by atoms with Gasteiger partial charge in [0.05, 0.1) is 18.2 Å². The summed E-state index contributed by atoms with van der Waals surface area (Å²) < 4.78 is 5.91. The van der Waals surface area contributed by atoms with Crippen LogP contribution in [0.1, 0.15) is 69.2 Å². The Morgan fingerprint density at radius 3 is 2.33 bits per heavy atom. The zero-order chi connectivity index (χ0) is 25.2. The van der Waals surface area contributed by atoms with E-state index in [0.717, 1.165) is 70.8 Å². The fourth-order valence-electron chi connectivity index (χ4n) is 5.34. The lowest BCUT2D eigenvalue weighted by molar-refractivity contribution is -0.166. The molecule has 6 heteroatoms. The summed E-state index contributed by atoms with van der Waals surface area (Å²) in [6.45, 7) is 10.0. The zero-order valence-electron chi connectivity index (χ0n) is 22.1.